The Balaban J connectivity index is 2.96. The summed E-state index contributed by atoms with van der Waals surface area (Å²) in [6.45, 7) is 5.30. The van der Waals surface area contributed by atoms with Crippen LogP contribution in [0.3, 0.4) is 0 Å². The van der Waals surface area contributed by atoms with E-state index in [1.165, 1.54) is 7.11 Å². The largest absolute Gasteiger partial charge is 0.508 e. The van der Waals surface area contributed by atoms with E-state index < -0.39 is 6.16 Å². The SMILES string of the molecule is CCOCCOCCOCCOC(=O)OC. The van der Waals surface area contributed by atoms with Crippen LogP contribution in [0.2, 0.25) is 0 Å². The lowest BCUT2D eigenvalue weighted by atomic mass is 10.7. The third kappa shape index (κ3) is 11.2. The maximum atomic E-state index is 10.5. The van der Waals surface area contributed by atoms with Crippen molar-refractivity contribution in [2.24, 2.45) is 0 Å². The van der Waals surface area contributed by atoms with Crippen LogP contribution in [0, 0.1) is 0 Å². The number of hydrogen-bond acceptors (Lipinski definition) is 6. The molecule has 0 radical (unpaired) electrons. The number of carbonyl (C=O) groups is 1. The van der Waals surface area contributed by atoms with Gasteiger partial charge in [-0.2, -0.15) is 0 Å². The van der Waals surface area contributed by atoms with Crippen LogP contribution >= 0.6 is 0 Å². The van der Waals surface area contributed by atoms with Gasteiger partial charge in [-0.25, -0.2) is 4.79 Å². The van der Waals surface area contributed by atoms with Gasteiger partial charge in [0.25, 0.3) is 0 Å². The van der Waals surface area contributed by atoms with Gasteiger partial charge in [0.2, 0.25) is 0 Å². The topological polar surface area (TPSA) is 63.2 Å². The third-order valence-electron chi connectivity index (χ3n) is 1.56. The molecular formula is C10H20O6. The molecule has 0 amide bonds. The molecule has 0 saturated carbocycles. The molecule has 0 fully saturated rings. The second-order valence-electron chi connectivity index (χ2n) is 2.72. The normalized spacial score (nSPS) is 10.1. The maximum absolute atomic E-state index is 10.5. The minimum Gasteiger partial charge on any atom is -0.438 e. The molecule has 0 aliphatic heterocycles. The van der Waals surface area contributed by atoms with Crippen molar-refractivity contribution in [2.45, 2.75) is 6.92 Å². The smallest absolute Gasteiger partial charge is 0.438 e. The van der Waals surface area contributed by atoms with E-state index in [0.717, 1.165) is 0 Å². The Kier molecular flexibility index (Phi) is 11.6. The average Bonchev–Trinajstić information content (AvgIpc) is 2.31. The molecular weight excluding hydrogens is 216 g/mol. The lowest BCUT2D eigenvalue weighted by molar-refractivity contribution is 0.000702. The van der Waals surface area contributed by atoms with Crippen LogP contribution in [0.15, 0.2) is 0 Å². The monoisotopic (exact) mass is 236 g/mol. The predicted octanol–water partition coefficient (Wildman–Crippen LogP) is 0.839. The van der Waals surface area contributed by atoms with Crippen molar-refractivity contribution in [1.29, 1.82) is 0 Å². The standard InChI is InChI=1S/C10H20O6/c1-3-13-4-5-14-6-7-15-8-9-16-10(11)12-2/h3-9H2,1-2H3. The van der Waals surface area contributed by atoms with Crippen LogP contribution < -0.4 is 0 Å². The van der Waals surface area contributed by atoms with Crippen LogP contribution in [0.1, 0.15) is 6.92 Å². The zero-order valence-corrected chi connectivity index (χ0v) is 9.90. The summed E-state index contributed by atoms with van der Waals surface area (Å²) < 4.78 is 24.3. The molecule has 0 rings (SSSR count). The molecule has 0 unspecified atom stereocenters. The summed E-state index contributed by atoms with van der Waals surface area (Å²) in [4.78, 5) is 10.5. The molecule has 0 spiro atoms. The lowest BCUT2D eigenvalue weighted by Gasteiger charge is -2.06. The summed E-state index contributed by atoms with van der Waals surface area (Å²) in [6, 6.07) is 0. The summed E-state index contributed by atoms with van der Waals surface area (Å²) in [5, 5.41) is 0. The van der Waals surface area contributed by atoms with Crippen LogP contribution in [-0.4, -0.2) is 59.5 Å². The molecule has 0 aliphatic carbocycles. The van der Waals surface area contributed by atoms with Gasteiger partial charge in [0.15, 0.2) is 0 Å². The molecule has 0 saturated heterocycles. The Morgan fingerprint density at radius 2 is 1.38 bits per heavy atom. The predicted molar refractivity (Wildman–Crippen MR) is 56.5 cm³/mol. The summed E-state index contributed by atoms with van der Waals surface area (Å²) >= 11 is 0. The van der Waals surface area contributed by atoms with Gasteiger partial charge < -0.3 is 23.7 Å². The van der Waals surface area contributed by atoms with Crippen molar-refractivity contribution < 1.29 is 28.5 Å². The first-order chi connectivity index (χ1) is 7.81. The van der Waals surface area contributed by atoms with Gasteiger partial charge in [-0.15, -0.1) is 0 Å². The molecule has 96 valence electrons. The van der Waals surface area contributed by atoms with E-state index in [-0.39, 0.29) is 6.61 Å². The zero-order chi connectivity index (χ0) is 12.1. The highest BCUT2D eigenvalue weighted by molar-refractivity contribution is 5.59. The molecule has 0 aromatic carbocycles. The molecule has 0 aliphatic rings. The molecule has 0 N–H and O–H groups in total. The summed E-state index contributed by atoms with van der Waals surface area (Å²) in [6.07, 6.45) is -0.698. The van der Waals surface area contributed by atoms with Crippen LogP contribution in [-0.2, 0) is 23.7 Å². The van der Waals surface area contributed by atoms with E-state index in [1.807, 2.05) is 6.92 Å². The van der Waals surface area contributed by atoms with Gasteiger partial charge in [0.1, 0.15) is 6.61 Å². The lowest BCUT2D eigenvalue weighted by Crippen LogP contribution is -2.13. The van der Waals surface area contributed by atoms with E-state index in [2.05, 4.69) is 9.47 Å². The maximum Gasteiger partial charge on any atom is 0.508 e. The first-order valence-corrected chi connectivity index (χ1v) is 5.25. The Bertz CT molecular complexity index is 161. The van der Waals surface area contributed by atoms with Crippen molar-refractivity contribution in [3.05, 3.63) is 0 Å². The molecule has 0 bridgehead atoms. The Morgan fingerprint density at radius 3 is 1.88 bits per heavy atom. The summed E-state index contributed by atoms with van der Waals surface area (Å²) in [5.74, 6) is 0. The third-order valence-corrected chi connectivity index (χ3v) is 1.56. The molecule has 0 aromatic heterocycles. The summed E-state index contributed by atoms with van der Waals surface area (Å²) in [7, 11) is 1.26. The Hall–Kier alpha value is -0.850. The summed E-state index contributed by atoms with van der Waals surface area (Å²) in [5.41, 5.74) is 0. The molecule has 0 atom stereocenters. The minimum absolute atomic E-state index is 0.186. The van der Waals surface area contributed by atoms with E-state index in [1.54, 1.807) is 0 Å². The first-order valence-electron chi connectivity index (χ1n) is 5.25. The highest BCUT2D eigenvalue weighted by Gasteiger charge is 1.98. The van der Waals surface area contributed by atoms with Gasteiger partial charge >= 0.3 is 6.16 Å². The van der Waals surface area contributed by atoms with Crippen molar-refractivity contribution in [3.8, 4) is 0 Å². The quantitative estimate of drug-likeness (QED) is 0.413. The van der Waals surface area contributed by atoms with Crippen molar-refractivity contribution in [3.63, 3.8) is 0 Å². The van der Waals surface area contributed by atoms with Crippen molar-refractivity contribution >= 4 is 6.16 Å². The van der Waals surface area contributed by atoms with Gasteiger partial charge in [0.05, 0.1) is 40.1 Å². The number of methoxy groups -OCH3 is 1. The van der Waals surface area contributed by atoms with Crippen molar-refractivity contribution in [2.75, 3.05) is 53.4 Å². The number of rotatable bonds is 10. The second kappa shape index (κ2) is 12.2. The fraction of sp³-hybridized carbons (Fsp3) is 0.900. The van der Waals surface area contributed by atoms with Gasteiger partial charge in [-0.3, -0.25) is 0 Å². The molecule has 0 aromatic rings. The number of carbonyl (C=O) groups excluding carboxylic acids is 1. The van der Waals surface area contributed by atoms with Crippen LogP contribution in [0.25, 0.3) is 0 Å². The molecule has 6 heteroatoms. The van der Waals surface area contributed by atoms with Gasteiger partial charge in [-0.05, 0) is 6.92 Å². The molecule has 6 nitrogen and oxygen atoms in total. The van der Waals surface area contributed by atoms with Crippen molar-refractivity contribution in [1.82, 2.24) is 0 Å². The highest BCUT2D eigenvalue weighted by Crippen LogP contribution is 1.84. The van der Waals surface area contributed by atoms with E-state index in [0.29, 0.717) is 39.6 Å². The van der Waals surface area contributed by atoms with E-state index >= 15 is 0 Å². The Labute approximate surface area is 95.8 Å². The fourth-order valence-corrected chi connectivity index (χ4v) is 0.827. The van der Waals surface area contributed by atoms with Crippen LogP contribution in [0.4, 0.5) is 4.79 Å². The first kappa shape index (κ1) is 15.2. The molecule has 0 heterocycles. The van der Waals surface area contributed by atoms with E-state index in [4.69, 9.17) is 14.2 Å². The Morgan fingerprint density at radius 1 is 0.875 bits per heavy atom. The minimum atomic E-state index is -0.698. The van der Waals surface area contributed by atoms with Gasteiger partial charge in [-0.1, -0.05) is 0 Å². The highest BCUT2D eigenvalue weighted by atomic mass is 16.7. The average molecular weight is 236 g/mol. The van der Waals surface area contributed by atoms with Gasteiger partial charge in [0, 0.05) is 6.61 Å². The zero-order valence-electron chi connectivity index (χ0n) is 9.90. The molecule has 16 heavy (non-hydrogen) atoms. The number of hydrogen-bond donors (Lipinski definition) is 0. The fourth-order valence-electron chi connectivity index (χ4n) is 0.827. The number of ether oxygens (including phenoxy) is 5. The van der Waals surface area contributed by atoms with E-state index in [9.17, 15) is 4.79 Å². The van der Waals surface area contributed by atoms with Crippen LogP contribution in [0.5, 0.6) is 0 Å². The second-order valence-corrected chi connectivity index (χ2v) is 2.72.